The molecule has 2 N–H and O–H groups in total. The van der Waals surface area contributed by atoms with Gasteiger partial charge < -0.3 is 10.5 Å². The van der Waals surface area contributed by atoms with Crippen LogP contribution < -0.4 is 5.73 Å². The first kappa shape index (κ1) is 11.6. The van der Waals surface area contributed by atoms with Crippen LogP contribution in [0.5, 0.6) is 0 Å². The summed E-state index contributed by atoms with van der Waals surface area (Å²) in [6, 6.07) is 0. The topological polar surface area (TPSA) is 38.5 Å². The zero-order valence-electron chi connectivity index (χ0n) is 7.96. The second kappa shape index (κ2) is 8.71. The van der Waals surface area contributed by atoms with Gasteiger partial charge in [-0.25, -0.2) is 0 Å². The smallest absolute Gasteiger partial charge is 0.0589 e. The monoisotopic (exact) mass is 172 g/mol. The minimum absolute atomic E-state index is 0.751. The maximum Gasteiger partial charge on any atom is 0.0589 e. The van der Waals surface area contributed by atoms with Crippen molar-refractivity contribution >= 4 is 0 Å². The molecule has 0 saturated heterocycles. The van der Waals surface area contributed by atoms with Gasteiger partial charge in [0.15, 0.2) is 0 Å². The summed E-state index contributed by atoms with van der Waals surface area (Å²) >= 11 is 0. The zero-order chi connectivity index (χ0) is 9.23. The molecule has 0 fully saturated rings. The number of rotatable bonds is 8. The summed E-state index contributed by atoms with van der Waals surface area (Å²) in [7, 11) is 1.72. The van der Waals surface area contributed by atoms with Crippen molar-refractivity contribution in [1.82, 2.24) is 4.90 Å². The Morgan fingerprint density at radius 1 is 1.50 bits per heavy atom. The molecule has 12 heavy (non-hydrogen) atoms. The highest BCUT2D eigenvalue weighted by molar-refractivity contribution is 4.73. The lowest BCUT2D eigenvalue weighted by atomic mass is 10.3. The second-order valence-corrected chi connectivity index (χ2v) is 2.72. The van der Waals surface area contributed by atoms with Crippen molar-refractivity contribution in [3.05, 3.63) is 12.7 Å². The highest BCUT2D eigenvalue weighted by Gasteiger charge is 2.00. The third-order valence-electron chi connectivity index (χ3n) is 1.68. The molecule has 0 atom stereocenters. The standard InChI is InChI=1S/C9H20N2O/c1-3-6-11(7-4-5-10)8-9-12-2/h3H,1,4-10H2,2H3. The molecule has 0 bridgehead atoms. The van der Waals surface area contributed by atoms with Crippen molar-refractivity contribution in [3.8, 4) is 0 Å². The molecule has 0 spiro atoms. The lowest BCUT2D eigenvalue weighted by Crippen LogP contribution is -2.29. The van der Waals surface area contributed by atoms with Gasteiger partial charge in [0.05, 0.1) is 6.61 Å². The molecule has 0 aliphatic rings. The predicted molar refractivity (Wildman–Crippen MR) is 52.2 cm³/mol. The zero-order valence-corrected chi connectivity index (χ0v) is 7.96. The van der Waals surface area contributed by atoms with E-state index in [1.165, 1.54) is 0 Å². The van der Waals surface area contributed by atoms with Crippen LogP contribution in [0.15, 0.2) is 12.7 Å². The third-order valence-corrected chi connectivity index (χ3v) is 1.68. The van der Waals surface area contributed by atoms with Crippen LogP contribution >= 0.6 is 0 Å². The summed E-state index contributed by atoms with van der Waals surface area (Å²) in [5.74, 6) is 0. The predicted octanol–water partition coefficient (Wildman–Crippen LogP) is 0.470. The average molecular weight is 172 g/mol. The average Bonchev–Trinajstić information content (AvgIpc) is 2.10. The molecule has 0 aliphatic carbocycles. The SMILES string of the molecule is C=CCN(CCCN)CCOC. The molecule has 0 aromatic rings. The highest BCUT2D eigenvalue weighted by Crippen LogP contribution is 1.90. The van der Waals surface area contributed by atoms with E-state index in [0.29, 0.717) is 0 Å². The van der Waals surface area contributed by atoms with Crippen LogP contribution in [0.25, 0.3) is 0 Å². The van der Waals surface area contributed by atoms with Crippen molar-refractivity contribution < 1.29 is 4.74 Å². The fourth-order valence-electron chi connectivity index (χ4n) is 1.01. The maximum absolute atomic E-state index is 5.42. The van der Waals surface area contributed by atoms with Gasteiger partial charge in [-0.3, -0.25) is 4.90 Å². The van der Waals surface area contributed by atoms with Crippen LogP contribution in [0, 0.1) is 0 Å². The Morgan fingerprint density at radius 3 is 2.75 bits per heavy atom. The number of methoxy groups -OCH3 is 1. The van der Waals surface area contributed by atoms with E-state index < -0.39 is 0 Å². The van der Waals surface area contributed by atoms with E-state index in [9.17, 15) is 0 Å². The molecular formula is C9H20N2O. The van der Waals surface area contributed by atoms with Gasteiger partial charge in [-0.2, -0.15) is 0 Å². The van der Waals surface area contributed by atoms with E-state index in [2.05, 4.69) is 11.5 Å². The number of nitrogens with two attached hydrogens (primary N) is 1. The molecule has 0 aromatic heterocycles. The van der Waals surface area contributed by atoms with Crippen LogP contribution in [-0.2, 0) is 4.74 Å². The Hall–Kier alpha value is -0.380. The number of ether oxygens (including phenoxy) is 1. The van der Waals surface area contributed by atoms with Gasteiger partial charge in [0, 0.05) is 20.2 Å². The van der Waals surface area contributed by atoms with Crippen molar-refractivity contribution in [2.24, 2.45) is 5.73 Å². The van der Waals surface area contributed by atoms with E-state index in [1.807, 2.05) is 6.08 Å². The van der Waals surface area contributed by atoms with Gasteiger partial charge in [0.25, 0.3) is 0 Å². The van der Waals surface area contributed by atoms with Crippen molar-refractivity contribution in [2.45, 2.75) is 6.42 Å². The van der Waals surface area contributed by atoms with E-state index in [4.69, 9.17) is 10.5 Å². The van der Waals surface area contributed by atoms with Crippen LogP contribution in [-0.4, -0.2) is 44.8 Å². The fourth-order valence-corrected chi connectivity index (χ4v) is 1.01. The van der Waals surface area contributed by atoms with Gasteiger partial charge in [-0.05, 0) is 19.5 Å². The number of hydrogen-bond donors (Lipinski definition) is 1. The van der Waals surface area contributed by atoms with E-state index in [1.54, 1.807) is 7.11 Å². The fraction of sp³-hybridized carbons (Fsp3) is 0.778. The first-order valence-corrected chi connectivity index (χ1v) is 4.37. The van der Waals surface area contributed by atoms with E-state index in [-0.39, 0.29) is 0 Å². The van der Waals surface area contributed by atoms with Gasteiger partial charge in [-0.15, -0.1) is 6.58 Å². The molecule has 0 radical (unpaired) electrons. The summed E-state index contributed by atoms with van der Waals surface area (Å²) in [5.41, 5.74) is 5.42. The van der Waals surface area contributed by atoms with Crippen molar-refractivity contribution in [1.29, 1.82) is 0 Å². The lowest BCUT2D eigenvalue weighted by molar-refractivity contribution is 0.154. The molecule has 0 saturated carbocycles. The summed E-state index contributed by atoms with van der Waals surface area (Å²) < 4.78 is 4.99. The summed E-state index contributed by atoms with van der Waals surface area (Å²) in [4.78, 5) is 2.28. The quantitative estimate of drug-likeness (QED) is 0.541. The highest BCUT2D eigenvalue weighted by atomic mass is 16.5. The first-order chi connectivity index (χ1) is 5.85. The summed E-state index contributed by atoms with van der Waals surface area (Å²) in [6.45, 7) is 8.14. The van der Waals surface area contributed by atoms with Crippen LogP contribution in [0.3, 0.4) is 0 Å². The Bertz CT molecular complexity index is 98.7. The molecule has 0 aromatic carbocycles. The molecule has 3 nitrogen and oxygen atoms in total. The molecule has 0 heterocycles. The molecule has 0 unspecified atom stereocenters. The van der Waals surface area contributed by atoms with Crippen LogP contribution in [0.4, 0.5) is 0 Å². The van der Waals surface area contributed by atoms with Gasteiger partial charge in [-0.1, -0.05) is 6.08 Å². The second-order valence-electron chi connectivity index (χ2n) is 2.72. The molecule has 3 heteroatoms. The largest absolute Gasteiger partial charge is 0.383 e. The van der Waals surface area contributed by atoms with Gasteiger partial charge >= 0.3 is 0 Å². The first-order valence-electron chi connectivity index (χ1n) is 4.37. The summed E-state index contributed by atoms with van der Waals surface area (Å²) in [6.07, 6.45) is 2.95. The maximum atomic E-state index is 5.42. The van der Waals surface area contributed by atoms with E-state index in [0.717, 1.165) is 39.2 Å². The van der Waals surface area contributed by atoms with Gasteiger partial charge in [0.2, 0.25) is 0 Å². The van der Waals surface area contributed by atoms with Gasteiger partial charge in [0.1, 0.15) is 0 Å². The molecule has 72 valence electrons. The molecular weight excluding hydrogens is 152 g/mol. The lowest BCUT2D eigenvalue weighted by Gasteiger charge is -2.19. The Balaban J connectivity index is 3.46. The van der Waals surface area contributed by atoms with E-state index >= 15 is 0 Å². The van der Waals surface area contributed by atoms with Crippen LogP contribution in [0.2, 0.25) is 0 Å². The molecule has 0 amide bonds. The van der Waals surface area contributed by atoms with Crippen molar-refractivity contribution in [3.63, 3.8) is 0 Å². The Morgan fingerprint density at radius 2 is 2.25 bits per heavy atom. The normalized spacial score (nSPS) is 10.6. The molecule has 0 rings (SSSR count). The van der Waals surface area contributed by atoms with Crippen LogP contribution in [0.1, 0.15) is 6.42 Å². The molecule has 0 aliphatic heterocycles. The number of hydrogen-bond acceptors (Lipinski definition) is 3. The Kier molecular flexibility index (Phi) is 8.44. The third kappa shape index (κ3) is 6.34. The van der Waals surface area contributed by atoms with Crippen molar-refractivity contribution in [2.75, 3.05) is 39.9 Å². The summed E-state index contributed by atoms with van der Waals surface area (Å²) in [5, 5.41) is 0. The number of nitrogens with zero attached hydrogens (tertiary/aromatic N) is 1. The minimum atomic E-state index is 0.751. The Labute approximate surface area is 75.2 Å². The minimum Gasteiger partial charge on any atom is -0.383 e.